The first-order valence-electron chi connectivity index (χ1n) is 8.93. The Bertz CT molecular complexity index is 1020. The van der Waals surface area contributed by atoms with Crippen LogP contribution in [0.5, 0.6) is 5.75 Å². The third-order valence-corrected chi connectivity index (χ3v) is 5.16. The molecular weight excluding hydrogens is 449 g/mol. The molecule has 1 saturated heterocycles. The molecule has 4 rings (SSSR count). The molecule has 1 aromatic carbocycles. The minimum absolute atomic E-state index is 0.0371. The zero-order valence-electron chi connectivity index (χ0n) is 15.2. The smallest absolute Gasteiger partial charge is 0.325 e. The number of halogens is 2. The second-order valence-corrected chi connectivity index (χ2v) is 7.45. The lowest BCUT2D eigenvalue weighted by Gasteiger charge is -2.31. The average molecular weight is 466 g/mol. The van der Waals surface area contributed by atoms with E-state index < -0.39 is 5.97 Å². The van der Waals surface area contributed by atoms with Crippen molar-refractivity contribution in [2.45, 2.75) is 25.5 Å². The van der Waals surface area contributed by atoms with E-state index in [2.05, 4.69) is 31.2 Å². The summed E-state index contributed by atoms with van der Waals surface area (Å²) in [6.45, 7) is 1.08. The van der Waals surface area contributed by atoms with Crippen molar-refractivity contribution in [3.8, 4) is 17.2 Å². The fourth-order valence-electron chi connectivity index (χ4n) is 3.08. The van der Waals surface area contributed by atoms with Gasteiger partial charge in [0, 0.05) is 38.2 Å². The first-order valence-corrected chi connectivity index (χ1v) is 9.72. The van der Waals surface area contributed by atoms with Crippen molar-refractivity contribution in [2.75, 3.05) is 18.0 Å². The van der Waals surface area contributed by atoms with Crippen LogP contribution in [-0.4, -0.2) is 50.2 Å². The molecule has 2 aromatic heterocycles. The highest BCUT2D eigenvalue weighted by atomic mass is 79.9. The van der Waals surface area contributed by atoms with Crippen LogP contribution in [0, 0.1) is 5.82 Å². The number of aliphatic carboxylic acids is 1. The molecule has 29 heavy (non-hydrogen) atoms. The van der Waals surface area contributed by atoms with E-state index >= 15 is 0 Å². The summed E-state index contributed by atoms with van der Waals surface area (Å²) in [4.78, 5) is 17.1. The number of anilines is 1. The SMILES string of the molecule is O=C(O)Cn1cc(-c2nc(N3CCC(Oc4cc(F)ccc4Br)CC3)no2)cn1. The number of carboxylic acid groups (broad SMARTS) is 1. The molecule has 1 N–H and O–H groups in total. The van der Waals surface area contributed by atoms with Crippen LogP contribution in [0.1, 0.15) is 12.8 Å². The molecule has 152 valence electrons. The summed E-state index contributed by atoms with van der Waals surface area (Å²) in [5, 5.41) is 16.8. The summed E-state index contributed by atoms with van der Waals surface area (Å²) >= 11 is 3.37. The summed E-state index contributed by atoms with van der Waals surface area (Å²) in [6, 6.07) is 4.37. The highest BCUT2D eigenvalue weighted by Crippen LogP contribution is 2.29. The molecule has 1 aliphatic rings. The highest BCUT2D eigenvalue weighted by molar-refractivity contribution is 9.10. The fraction of sp³-hybridized carbons (Fsp3) is 0.333. The lowest BCUT2D eigenvalue weighted by Crippen LogP contribution is -2.38. The van der Waals surface area contributed by atoms with E-state index in [0.717, 1.165) is 12.8 Å². The second-order valence-electron chi connectivity index (χ2n) is 6.60. The number of hydrogen-bond donors (Lipinski definition) is 1. The molecule has 0 bridgehead atoms. The van der Waals surface area contributed by atoms with Gasteiger partial charge < -0.3 is 19.3 Å². The zero-order valence-corrected chi connectivity index (χ0v) is 16.7. The molecule has 0 unspecified atom stereocenters. The van der Waals surface area contributed by atoms with Crippen LogP contribution in [-0.2, 0) is 11.3 Å². The summed E-state index contributed by atoms with van der Waals surface area (Å²) in [6.07, 6.45) is 4.44. The maximum absolute atomic E-state index is 13.4. The third-order valence-electron chi connectivity index (χ3n) is 4.50. The van der Waals surface area contributed by atoms with Crippen molar-refractivity contribution in [2.24, 2.45) is 0 Å². The number of rotatable bonds is 6. The molecule has 3 aromatic rings. The molecule has 0 radical (unpaired) electrons. The van der Waals surface area contributed by atoms with Gasteiger partial charge in [0.15, 0.2) is 0 Å². The van der Waals surface area contributed by atoms with Crippen LogP contribution in [0.4, 0.5) is 10.3 Å². The van der Waals surface area contributed by atoms with E-state index in [9.17, 15) is 9.18 Å². The molecule has 0 atom stereocenters. The predicted molar refractivity (Wildman–Crippen MR) is 103 cm³/mol. The number of aromatic nitrogens is 4. The van der Waals surface area contributed by atoms with E-state index in [1.165, 1.54) is 23.0 Å². The lowest BCUT2D eigenvalue weighted by atomic mass is 10.1. The Labute approximate surface area is 173 Å². The van der Waals surface area contributed by atoms with Gasteiger partial charge >= 0.3 is 5.97 Å². The molecular formula is C18H17BrFN5O4. The molecule has 0 saturated carbocycles. The Balaban J connectivity index is 1.36. The van der Waals surface area contributed by atoms with Gasteiger partial charge in [-0.3, -0.25) is 9.48 Å². The number of nitrogens with zero attached hydrogens (tertiary/aromatic N) is 5. The van der Waals surface area contributed by atoms with Gasteiger partial charge in [-0.1, -0.05) is 0 Å². The van der Waals surface area contributed by atoms with Crippen molar-refractivity contribution >= 4 is 27.8 Å². The average Bonchev–Trinajstić information content (AvgIpc) is 3.34. The number of carbonyl (C=O) groups is 1. The van der Waals surface area contributed by atoms with Crippen LogP contribution < -0.4 is 9.64 Å². The number of carboxylic acids is 1. The number of piperidine rings is 1. The van der Waals surface area contributed by atoms with E-state index in [1.807, 2.05) is 4.90 Å². The summed E-state index contributed by atoms with van der Waals surface area (Å²) in [5.74, 6) is -0.105. The second kappa shape index (κ2) is 8.19. The summed E-state index contributed by atoms with van der Waals surface area (Å²) < 4.78 is 26.6. The van der Waals surface area contributed by atoms with Gasteiger partial charge in [0.05, 0.1) is 16.2 Å². The van der Waals surface area contributed by atoms with Crippen LogP contribution in [0.15, 0.2) is 39.6 Å². The first kappa shape index (κ1) is 19.4. The Kier molecular flexibility index (Phi) is 5.47. The summed E-state index contributed by atoms with van der Waals surface area (Å²) in [5.41, 5.74) is 0.555. The van der Waals surface area contributed by atoms with E-state index in [-0.39, 0.29) is 24.4 Å². The molecule has 9 nitrogen and oxygen atoms in total. The van der Waals surface area contributed by atoms with Gasteiger partial charge in [0.1, 0.15) is 24.2 Å². The molecule has 1 fully saturated rings. The largest absolute Gasteiger partial charge is 0.489 e. The van der Waals surface area contributed by atoms with Crippen LogP contribution >= 0.6 is 15.9 Å². The van der Waals surface area contributed by atoms with Crippen molar-refractivity contribution < 1.29 is 23.6 Å². The van der Waals surface area contributed by atoms with Gasteiger partial charge in [0.2, 0.25) is 0 Å². The molecule has 1 aliphatic heterocycles. The topological polar surface area (TPSA) is 107 Å². The predicted octanol–water partition coefficient (Wildman–Crippen LogP) is 2.97. The van der Waals surface area contributed by atoms with E-state index in [4.69, 9.17) is 14.4 Å². The Morgan fingerprint density at radius 2 is 2.17 bits per heavy atom. The quantitative estimate of drug-likeness (QED) is 0.591. The number of benzene rings is 1. The number of ether oxygens (including phenoxy) is 1. The van der Waals surface area contributed by atoms with E-state index in [0.29, 0.717) is 34.8 Å². The van der Waals surface area contributed by atoms with E-state index in [1.54, 1.807) is 12.3 Å². The maximum atomic E-state index is 13.4. The fourth-order valence-corrected chi connectivity index (χ4v) is 3.42. The van der Waals surface area contributed by atoms with Crippen molar-refractivity contribution in [3.63, 3.8) is 0 Å². The Hall–Kier alpha value is -2.95. The van der Waals surface area contributed by atoms with Gasteiger partial charge in [0.25, 0.3) is 11.8 Å². The van der Waals surface area contributed by atoms with Gasteiger partial charge in [-0.05, 0) is 33.2 Å². The lowest BCUT2D eigenvalue weighted by molar-refractivity contribution is -0.137. The van der Waals surface area contributed by atoms with Gasteiger partial charge in [-0.25, -0.2) is 4.39 Å². The zero-order chi connectivity index (χ0) is 20.4. The molecule has 0 amide bonds. The Morgan fingerprint density at radius 1 is 1.38 bits per heavy atom. The molecule has 0 spiro atoms. The monoisotopic (exact) mass is 465 g/mol. The minimum Gasteiger partial charge on any atom is -0.489 e. The Morgan fingerprint density at radius 3 is 2.93 bits per heavy atom. The van der Waals surface area contributed by atoms with Crippen molar-refractivity contribution in [3.05, 3.63) is 40.9 Å². The molecule has 11 heteroatoms. The normalized spacial score (nSPS) is 14.9. The summed E-state index contributed by atoms with van der Waals surface area (Å²) in [7, 11) is 0. The van der Waals surface area contributed by atoms with Crippen molar-refractivity contribution in [1.82, 2.24) is 19.9 Å². The van der Waals surface area contributed by atoms with Crippen LogP contribution in [0.3, 0.4) is 0 Å². The molecule has 0 aliphatic carbocycles. The van der Waals surface area contributed by atoms with Crippen LogP contribution in [0.2, 0.25) is 0 Å². The standard InChI is InChI=1S/C18H17BrFN5O4/c19-14-2-1-12(20)7-15(14)28-13-3-5-24(6-4-13)18-22-17(29-23-18)11-8-21-25(9-11)10-16(26)27/h1-2,7-9,13H,3-6,10H2,(H,26,27). The van der Waals surface area contributed by atoms with Crippen molar-refractivity contribution in [1.29, 1.82) is 0 Å². The highest BCUT2D eigenvalue weighted by Gasteiger charge is 2.25. The number of hydrogen-bond acceptors (Lipinski definition) is 7. The maximum Gasteiger partial charge on any atom is 0.325 e. The first-order chi connectivity index (χ1) is 14.0. The third kappa shape index (κ3) is 4.56. The van der Waals surface area contributed by atoms with Crippen LogP contribution in [0.25, 0.3) is 11.5 Å². The minimum atomic E-state index is -0.985. The van der Waals surface area contributed by atoms with Gasteiger partial charge in [-0.2, -0.15) is 10.1 Å². The molecule has 3 heterocycles. The van der Waals surface area contributed by atoms with Gasteiger partial charge in [-0.15, -0.1) is 0 Å².